The van der Waals surface area contributed by atoms with Crippen LogP contribution in [0.4, 0.5) is 16.2 Å². The molecule has 5 rings (SSSR count). The second-order valence-corrected chi connectivity index (χ2v) is 8.80. The Morgan fingerprint density at radius 2 is 1.66 bits per heavy atom. The van der Waals surface area contributed by atoms with Gasteiger partial charge in [-0.3, -0.25) is 9.48 Å². The first kappa shape index (κ1) is 22.6. The monoisotopic (exact) mass is 472 g/mol. The van der Waals surface area contributed by atoms with Crippen LogP contribution < -0.4 is 10.6 Å². The van der Waals surface area contributed by atoms with Gasteiger partial charge in [0.15, 0.2) is 11.4 Å². The molecule has 0 bridgehead atoms. The van der Waals surface area contributed by atoms with Crippen molar-refractivity contribution in [1.29, 1.82) is 0 Å². The number of fused-ring (bicyclic) bond motifs is 1. The van der Waals surface area contributed by atoms with Crippen molar-refractivity contribution in [1.82, 2.24) is 19.7 Å². The Balaban J connectivity index is 1.35. The third-order valence-corrected chi connectivity index (χ3v) is 6.27. The number of amides is 3. The maximum atomic E-state index is 13.3. The number of aryl methyl sites for hydroxylation is 2. The molecule has 3 aromatic heterocycles. The standard InChI is InChI=1S/C26H28N6O3/c1-17-23-20(16-21(22-8-7-15-35-22)29-24(23)31(2)30-17)25(33)27-18-9-11-19(12-10-18)28-26(34)32-13-5-3-4-6-14-32/h7-12,15-16H,3-6,13-14H2,1-2H3,(H,27,33)(H,28,34). The van der Waals surface area contributed by atoms with Gasteiger partial charge in [0, 0.05) is 31.5 Å². The van der Waals surface area contributed by atoms with E-state index < -0.39 is 0 Å². The van der Waals surface area contributed by atoms with Crippen molar-refractivity contribution in [3.05, 3.63) is 60.0 Å². The summed E-state index contributed by atoms with van der Waals surface area (Å²) < 4.78 is 7.16. The van der Waals surface area contributed by atoms with Gasteiger partial charge in [-0.25, -0.2) is 9.78 Å². The lowest BCUT2D eigenvalue weighted by Gasteiger charge is -2.20. The van der Waals surface area contributed by atoms with E-state index in [2.05, 4.69) is 20.7 Å². The molecule has 0 radical (unpaired) electrons. The van der Waals surface area contributed by atoms with Crippen LogP contribution in [0.25, 0.3) is 22.5 Å². The first-order valence-electron chi connectivity index (χ1n) is 11.8. The molecular weight excluding hydrogens is 444 g/mol. The Morgan fingerprint density at radius 1 is 0.971 bits per heavy atom. The molecular formula is C26H28N6O3. The van der Waals surface area contributed by atoms with Crippen LogP contribution in [0.2, 0.25) is 0 Å². The molecule has 1 saturated heterocycles. The van der Waals surface area contributed by atoms with E-state index in [0.717, 1.165) is 31.6 Å². The molecule has 0 saturated carbocycles. The largest absolute Gasteiger partial charge is 0.463 e. The van der Waals surface area contributed by atoms with Crippen molar-refractivity contribution in [2.24, 2.45) is 7.05 Å². The summed E-state index contributed by atoms with van der Waals surface area (Å²) in [6, 6.07) is 12.4. The molecule has 0 atom stereocenters. The molecule has 4 aromatic rings. The molecule has 3 amide bonds. The second kappa shape index (κ2) is 9.61. The summed E-state index contributed by atoms with van der Waals surface area (Å²) in [5.41, 5.74) is 3.65. The van der Waals surface area contributed by atoms with E-state index in [0.29, 0.717) is 39.4 Å². The van der Waals surface area contributed by atoms with Crippen molar-refractivity contribution < 1.29 is 14.0 Å². The molecule has 9 heteroatoms. The molecule has 0 unspecified atom stereocenters. The maximum Gasteiger partial charge on any atom is 0.321 e. The summed E-state index contributed by atoms with van der Waals surface area (Å²) in [7, 11) is 1.80. The van der Waals surface area contributed by atoms with E-state index in [1.165, 1.54) is 12.8 Å². The van der Waals surface area contributed by atoms with Gasteiger partial charge in [0.05, 0.1) is 22.9 Å². The van der Waals surface area contributed by atoms with E-state index in [1.807, 2.05) is 11.8 Å². The number of carbonyl (C=O) groups is 2. The van der Waals surface area contributed by atoms with Crippen LogP contribution in [0.15, 0.2) is 53.1 Å². The number of carbonyl (C=O) groups excluding carboxylic acids is 2. The fourth-order valence-electron chi connectivity index (χ4n) is 4.49. The summed E-state index contributed by atoms with van der Waals surface area (Å²) >= 11 is 0. The van der Waals surface area contributed by atoms with Crippen molar-refractivity contribution in [2.75, 3.05) is 23.7 Å². The van der Waals surface area contributed by atoms with Crippen molar-refractivity contribution in [2.45, 2.75) is 32.6 Å². The van der Waals surface area contributed by atoms with Crippen LogP contribution in [-0.2, 0) is 7.05 Å². The van der Waals surface area contributed by atoms with Gasteiger partial charge in [-0.1, -0.05) is 12.8 Å². The topological polar surface area (TPSA) is 105 Å². The molecule has 0 aliphatic carbocycles. The van der Waals surface area contributed by atoms with E-state index in [9.17, 15) is 9.59 Å². The zero-order valence-corrected chi connectivity index (χ0v) is 19.9. The number of hydrogen-bond acceptors (Lipinski definition) is 5. The van der Waals surface area contributed by atoms with Gasteiger partial charge in [-0.2, -0.15) is 5.10 Å². The molecule has 1 aliphatic rings. The van der Waals surface area contributed by atoms with Crippen molar-refractivity contribution in [3.63, 3.8) is 0 Å². The lowest BCUT2D eigenvalue weighted by molar-refractivity contribution is 0.102. The Labute approximate surface area is 203 Å². The third-order valence-electron chi connectivity index (χ3n) is 6.27. The number of anilines is 2. The Bertz CT molecular complexity index is 1350. The number of likely N-dealkylation sites (tertiary alicyclic amines) is 1. The molecule has 180 valence electrons. The highest BCUT2D eigenvalue weighted by atomic mass is 16.3. The summed E-state index contributed by atoms with van der Waals surface area (Å²) in [6.07, 6.45) is 5.99. The van der Waals surface area contributed by atoms with E-state index in [-0.39, 0.29) is 11.9 Å². The fourth-order valence-corrected chi connectivity index (χ4v) is 4.49. The van der Waals surface area contributed by atoms with Gasteiger partial charge in [0.1, 0.15) is 5.69 Å². The average molecular weight is 473 g/mol. The zero-order chi connectivity index (χ0) is 24.4. The number of hydrogen-bond donors (Lipinski definition) is 2. The molecule has 9 nitrogen and oxygen atoms in total. The third kappa shape index (κ3) is 4.75. The maximum absolute atomic E-state index is 13.3. The molecule has 35 heavy (non-hydrogen) atoms. The number of aromatic nitrogens is 3. The summed E-state index contributed by atoms with van der Waals surface area (Å²) in [6.45, 7) is 3.43. The number of pyridine rings is 1. The number of rotatable bonds is 4. The van der Waals surface area contributed by atoms with Gasteiger partial charge < -0.3 is 20.0 Å². The van der Waals surface area contributed by atoms with Crippen LogP contribution in [0.3, 0.4) is 0 Å². The average Bonchev–Trinajstić information content (AvgIpc) is 3.39. The minimum absolute atomic E-state index is 0.0830. The first-order valence-corrected chi connectivity index (χ1v) is 11.8. The highest BCUT2D eigenvalue weighted by molar-refractivity contribution is 6.13. The zero-order valence-electron chi connectivity index (χ0n) is 19.9. The lowest BCUT2D eigenvalue weighted by atomic mass is 10.1. The lowest BCUT2D eigenvalue weighted by Crippen LogP contribution is -2.35. The molecule has 1 fully saturated rings. The Kier molecular flexibility index (Phi) is 6.22. The van der Waals surface area contributed by atoms with Crippen LogP contribution >= 0.6 is 0 Å². The van der Waals surface area contributed by atoms with Crippen LogP contribution in [0.1, 0.15) is 41.7 Å². The van der Waals surface area contributed by atoms with Gasteiger partial charge in [-0.15, -0.1) is 0 Å². The normalized spacial score (nSPS) is 14.1. The molecule has 4 heterocycles. The van der Waals surface area contributed by atoms with E-state index in [4.69, 9.17) is 4.42 Å². The SMILES string of the molecule is Cc1nn(C)c2nc(-c3ccco3)cc(C(=O)Nc3ccc(NC(=O)N4CCCCCC4)cc3)c12. The highest BCUT2D eigenvalue weighted by Gasteiger charge is 2.20. The van der Waals surface area contributed by atoms with Crippen LogP contribution in [0.5, 0.6) is 0 Å². The smallest absolute Gasteiger partial charge is 0.321 e. The summed E-state index contributed by atoms with van der Waals surface area (Å²) in [5, 5.41) is 11.0. The molecule has 2 N–H and O–H groups in total. The quantitative estimate of drug-likeness (QED) is 0.425. The van der Waals surface area contributed by atoms with Crippen molar-refractivity contribution in [3.8, 4) is 11.5 Å². The van der Waals surface area contributed by atoms with Gasteiger partial charge in [0.2, 0.25) is 0 Å². The van der Waals surface area contributed by atoms with Crippen LogP contribution in [-0.4, -0.2) is 44.7 Å². The highest BCUT2D eigenvalue weighted by Crippen LogP contribution is 2.28. The van der Waals surface area contributed by atoms with Gasteiger partial charge >= 0.3 is 6.03 Å². The van der Waals surface area contributed by atoms with E-state index in [1.54, 1.807) is 60.5 Å². The first-order chi connectivity index (χ1) is 17.0. The van der Waals surface area contributed by atoms with Gasteiger partial charge in [0.25, 0.3) is 5.91 Å². The number of furan rings is 1. The summed E-state index contributed by atoms with van der Waals surface area (Å²) in [4.78, 5) is 32.4. The predicted molar refractivity (Wildman–Crippen MR) is 134 cm³/mol. The number of benzene rings is 1. The van der Waals surface area contributed by atoms with E-state index >= 15 is 0 Å². The Hall–Kier alpha value is -4.14. The second-order valence-electron chi connectivity index (χ2n) is 8.80. The van der Waals surface area contributed by atoms with Crippen LogP contribution in [0, 0.1) is 6.92 Å². The minimum Gasteiger partial charge on any atom is -0.463 e. The minimum atomic E-state index is -0.275. The van der Waals surface area contributed by atoms with Crippen molar-refractivity contribution >= 4 is 34.3 Å². The fraction of sp³-hybridized carbons (Fsp3) is 0.308. The number of nitrogens with zero attached hydrogens (tertiary/aromatic N) is 4. The molecule has 0 spiro atoms. The Morgan fingerprint density at radius 3 is 2.31 bits per heavy atom. The molecule has 1 aromatic carbocycles. The number of urea groups is 1. The summed E-state index contributed by atoms with van der Waals surface area (Å²) in [5.74, 6) is 0.298. The predicted octanol–water partition coefficient (Wildman–Crippen LogP) is 5.20. The van der Waals surface area contributed by atoms with Gasteiger partial charge in [-0.05, 0) is 62.2 Å². The molecule has 1 aliphatic heterocycles. The number of nitrogens with one attached hydrogen (secondary N) is 2.